The van der Waals surface area contributed by atoms with Gasteiger partial charge in [-0.05, 0) is 72.2 Å². The zero-order chi connectivity index (χ0) is 21.2. The van der Waals surface area contributed by atoms with E-state index in [0.717, 1.165) is 39.1 Å². The molecule has 0 unspecified atom stereocenters. The van der Waals surface area contributed by atoms with Gasteiger partial charge in [-0.3, -0.25) is 4.79 Å². The van der Waals surface area contributed by atoms with Gasteiger partial charge in [0.25, 0.3) is 0 Å². The van der Waals surface area contributed by atoms with E-state index in [1.165, 1.54) is 5.56 Å². The standard InChI is InChI=1S/C27H30O2/c1-18-16-23(29-17-21-10-8-7-9-11-21)12-13-24(18)26(28)25-19(2)14-22(15-20(25)3)27(4,5)6/h7-16H,17H2,1-6H3. The van der Waals surface area contributed by atoms with Crippen LogP contribution in [0.2, 0.25) is 0 Å². The minimum atomic E-state index is 0.0603. The van der Waals surface area contributed by atoms with Crippen molar-refractivity contribution < 1.29 is 9.53 Å². The molecule has 29 heavy (non-hydrogen) atoms. The molecule has 3 rings (SSSR count). The molecule has 3 aromatic carbocycles. The van der Waals surface area contributed by atoms with Gasteiger partial charge >= 0.3 is 0 Å². The van der Waals surface area contributed by atoms with E-state index in [1.807, 2.05) is 69.3 Å². The van der Waals surface area contributed by atoms with E-state index < -0.39 is 0 Å². The Kier molecular flexibility index (Phi) is 5.93. The molecule has 0 atom stereocenters. The Labute approximate surface area is 174 Å². The number of hydrogen-bond acceptors (Lipinski definition) is 2. The van der Waals surface area contributed by atoms with E-state index in [1.54, 1.807) is 0 Å². The molecule has 0 bridgehead atoms. The molecule has 150 valence electrons. The minimum absolute atomic E-state index is 0.0603. The zero-order valence-corrected chi connectivity index (χ0v) is 18.3. The second-order valence-corrected chi connectivity index (χ2v) is 8.82. The lowest BCUT2D eigenvalue weighted by atomic mass is 9.82. The van der Waals surface area contributed by atoms with Gasteiger partial charge in [0, 0.05) is 11.1 Å². The van der Waals surface area contributed by atoms with Crippen molar-refractivity contribution in [3.8, 4) is 5.75 Å². The van der Waals surface area contributed by atoms with Crippen LogP contribution >= 0.6 is 0 Å². The number of carbonyl (C=O) groups excluding carboxylic acids is 1. The number of ketones is 1. The van der Waals surface area contributed by atoms with E-state index in [0.29, 0.717) is 6.61 Å². The molecule has 0 fully saturated rings. The number of rotatable bonds is 5. The first-order chi connectivity index (χ1) is 13.7. The summed E-state index contributed by atoms with van der Waals surface area (Å²) < 4.78 is 5.90. The Balaban J connectivity index is 1.85. The quantitative estimate of drug-likeness (QED) is 0.455. The van der Waals surface area contributed by atoms with Crippen molar-refractivity contribution in [2.45, 2.75) is 53.6 Å². The van der Waals surface area contributed by atoms with E-state index >= 15 is 0 Å². The first-order valence-electron chi connectivity index (χ1n) is 10.1. The van der Waals surface area contributed by atoms with Crippen molar-refractivity contribution >= 4 is 5.78 Å². The van der Waals surface area contributed by atoms with E-state index in [2.05, 4.69) is 32.9 Å². The molecule has 0 aliphatic rings. The summed E-state index contributed by atoms with van der Waals surface area (Å²) in [6.45, 7) is 13.1. The van der Waals surface area contributed by atoms with E-state index in [9.17, 15) is 4.79 Å². The monoisotopic (exact) mass is 386 g/mol. The van der Waals surface area contributed by atoms with Crippen molar-refractivity contribution in [3.05, 3.63) is 99.6 Å². The number of carbonyl (C=O) groups is 1. The lowest BCUT2D eigenvalue weighted by Gasteiger charge is -2.22. The smallest absolute Gasteiger partial charge is 0.193 e. The fourth-order valence-corrected chi connectivity index (χ4v) is 3.61. The average Bonchev–Trinajstić information content (AvgIpc) is 2.66. The van der Waals surface area contributed by atoms with Crippen LogP contribution in [0.1, 0.15) is 64.5 Å². The fraction of sp³-hybridized carbons (Fsp3) is 0.296. The van der Waals surface area contributed by atoms with Gasteiger partial charge < -0.3 is 4.74 Å². The maximum atomic E-state index is 13.3. The Morgan fingerprint density at radius 1 is 0.828 bits per heavy atom. The third kappa shape index (κ3) is 4.76. The first-order valence-corrected chi connectivity index (χ1v) is 10.1. The van der Waals surface area contributed by atoms with Crippen LogP contribution in [0.25, 0.3) is 0 Å². The van der Waals surface area contributed by atoms with Crippen LogP contribution in [0.5, 0.6) is 5.75 Å². The molecule has 0 saturated carbocycles. The lowest BCUT2D eigenvalue weighted by molar-refractivity contribution is 0.103. The van der Waals surface area contributed by atoms with Gasteiger partial charge in [0.2, 0.25) is 0 Å². The molecule has 0 heterocycles. The van der Waals surface area contributed by atoms with Gasteiger partial charge in [0.1, 0.15) is 12.4 Å². The second kappa shape index (κ2) is 8.24. The summed E-state index contributed by atoms with van der Waals surface area (Å²) in [5.74, 6) is 0.854. The highest BCUT2D eigenvalue weighted by molar-refractivity contribution is 6.11. The van der Waals surface area contributed by atoms with E-state index in [4.69, 9.17) is 4.74 Å². The van der Waals surface area contributed by atoms with Gasteiger partial charge in [-0.2, -0.15) is 0 Å². The topological polar surface area (TPSA) is 26.3 Å². The number of benzene rings is 3. The van der Waals surface area contributed by atoms with Crippen LogP contribution in [-0.4, -0.2) is 5.78 Å². The molecule has 0 aliphatic heterocycles. The molecular weight excluding hydrogens is 356 g/mol. The normalized spacial score (nSPS) is 11.4. The molecular formula is C27H30O2. The molecule has 3 aromatic rings. The van der Waals surface area contributed by atoms with Crippen molar-refractivity contribution in [1.82, 2.24) is 0 Å². The molecule has 0 saturated heterocycles. The van der Waals surface area contributed by atoms with Crippen LogP contribution < -0.4 is 4.74 Å². The number of ether oxygens (including phenoxy) is 1. The molecule has 0 amide bonds. The maximum Gasteiger partial charge on any atom is 0.193 e. The number of hydrogen-bond donors (Lipinski definition) is 0. The number of aryl methyl sites for hydroxylation is 3. The summed E-state index contributed by atoms with van der Waals surface area (Å²) >= 11 is 0. The lowest BCUT2D eigenvalue weighted by Crippen LogP contribution is -2.15. The van der Waals surface area contributed by atoms with Crippen LogP contribution in [0.4, 0.5) is 0 Å². The predicted octanol–water partition coefficient (Wildman–Crippen LogP) is 6.72. The minimum Gasteiger partial charge on any atom is -0.489 e. The molecule has 2 heteroatoms. The summed E-state index contributed by atoms with van der Waals surface area (Å²) in [4.78, 5) is 13.3. The molecule has 0 radical (unpaired) electrons. The Morgan fingerprint density at radius 2 is 1.45 bits per heavy atom. The van der Waals surface area contributed by atoms with Crippen molar-refractivity contribution in [2.24, 2.45) is 0 Å². The Hall–Kier alpha value is -2.87. The van der Waals surface area contributed by atoms with E-state index in [-0.39, 0.29) is 11.2 Å². The second-order valence-electron chi connectivity index (χ2n) is 8.82. The molecule has 0 spiro atoms. The highest BCUT2D eigenvalue weighted by Crippen LogP contribution is 2.29. The van der Waals surface area contributed by atoms with Gasteiger partial charge in [0.05, 0.1) is 0 Å². The van der Waals surface area contributed by atoms with Crippen LogP contribution in [-0.2, 0) is 12.0 Å². The predicted molar refractivity (Wildman–Crippen MR) is 120 cm³/mol. The van der Waals surface area contributed by atoms with Crippen molar-refractivity contribution in [1.29, 1.82) is 0 Å². The largest absolute Gasteiger partial charge is 0.489 e. The molecule has 2 nitrogen and oxygen atoms in total. The van der Waals surface area contributed by atoms with Crippen LogP contribution in [0, 0.1) is 20.8 Å². The summed E-state index contributed by atoms with van der Waals surface area (Å²) in [5.41, 5.74) is 6.96. The van der Waals surface area contributed by atoms with Gasteiger partial charge in [0.15, 0.2) is 5.78 Å². The van der Waals surface area contributed by atoms with Gasteiger partial charge in [-0.1, -0.05) is 63.2 Å². The third-order valence-electron chi connectivity index (χ3n) is 5.32. The summed E-state index contributed by atoms with van der Waals surface area (Å²) in [6, 6.07) is 20.1. The van der Waals surface area contributed by atoms with Crippen molar-refractivity contribution in [3.63, 3.8) is 0 Å². The van der Waals surface area contributed by atoms with Crippen molar-refractivity contribution in [2.75, 3.05) is 0 Å². The summed E-state index contributed by atoms with van der Waals surface area (Å²) in [5, 5.41) is 0. The fourth-order valence-electron chi connectivity index (χ4n) is 3.61. The highest BCUT2D eigenvalue weighted by atomic mass is 16.5. The Bertz CT molecular complexity index is 1000. The highest BCUT2D eigenvalue weighted by Gasteiger charge is 2.21. The van der Waals surface area contributed by atoms with Gasteiger partial charge in [-0.15, -0.1) is 0 Å². The average molecular weight is 387 g/mol. The van der Waals surface area contributed by atoms with Gasteiger partial charge in [-0.25, -0.2) is 0 Å². The summed E-state index contributed by atoms with van der Waals surface area (Å²) in [7, 11) is 0. The maximum absolute atomic E-state index is 13.3. The first kappa shape index (κ1) is 20.9. The van der Waals surface area contributed by atoms with Crippen LogP contribution in [0.3, 0.4) is 0 Å². The Morgan fingerprint density at radius 3 is 2.00 bits per heavy atom. The molecule has 0 N–H and O–H groups in total. The summed E-state index contributed by atoms with van der Waals surface area (Å²) in [6.07, 6.45) is 0. The van der Waals surface area contributed by atoms with Crippen LogP contribution in [0.15, 0.2) is 60.7 Å². The molecule has 0 aliphatic carbocycles. The zero-order valence-electron chi connectivity index (χ0n) is 18.3. The molecule has 0 aromatic heterocycles. The third-order valence-corrected chi connectivity index (χ3v) is 5.32. The SMILES string of the molecule is Cc1cc(OCc2ccccc2)ccc1C(=O)c1c(C)cc(C(C)(C)C)cc1C.